The molecule has 0 spiro atoms. The van der Waals surface area contributed by atoms with Gasteiger partial charge >= 0.3 is 0 Å². The summed E-state index contributed by atoms with van der Waals surface area (Å²) in [5.74, 6) is -0.229. The summed E-state index contributed by atoms with van der Waals surface area (Å²) in [5.41, 5.74) is 6.27. The number of rotatable bonds is 3. The number of hydrogen-bond acceptors (Lipinski definition) is 6. The van der Waals surface area contributed by atoms with E-state index in [4.69, 9.17) is 5.73 Å². The summed E-state index contributed by atoms with van der Waals surface area (Å²) in [7, 11) is 0. The molecule has 3 rings (SSSR count). The molecule has 0 saturated carbocycles. The zero-order valence-electron chi connectivity index (χ0n) is 14.5. The third-order valence-corrected chi connectivity index (χ3v) is 4.68. The van der Waals surface area contributed by atoms with E-state index in [9.17, 15) is 14.9 Å². The number of nitrogens with two attached hydrogens (primary N) is 1. The van der Waals surface area contributed by atoms with Crippen molar-refractivity contribution in [2.75, 3.05) is 13.1 Å². The molecule has 26 heavy (non-hydrogen) atoms. The van der Waals surface area contributed by atoms with E-state index in [1.54, 1.807) is 11.0 Å². The van der Waals surface area contributed by atoms with Crippen molar-refractivity contribution < 1.29 is 9.72 Å². The average molecular weight is 381 g/mol. The molecule has 1 saturated heterocycles. The minimum Gasteiger partial charge on any atom is -0.338 e. The van der Waals surface area contributed by atoms with Gasteiger partial charge in [-0.25, -0.2) is 9.67 Å². The molecule has 1 aliphatic rings. The van der Waals surface area contributed by atoms with Crippen LogP contribution in [0.4, 0.5) is 5.69 Å². The number of benzene rings is 1. The number of nitrogens with zero attached hydrogens (tertiary/aromatic N) is 5. The summed E-state index contributed by atoms with van der Waals surface area (Å²) in [5, 5.41) is 15.3. The molecule has 1 aliphatic heterocycles. The van der Waals surface area contributed by atoms with Crippen LogP contribution >= 0.6 is 12.4 Å². The molecule has 0 aliphatic carbocycles. The van der Waals surface area contributed by atoms with Crippen LogP contribution in [0.5, 0.6) is 0 Å². The third-order valence-electron chi connectivity index (χ3n) is 4.68. The van der Waals surface area contributed by atoms with Gasteiger partial charge in [0.1, 0.15) is 18.3 Å². The Bertz CT molecular complexity index is 808. The lowest BCUT2D eigenvalue weighted by atomic mass is 9.79. The van der Waals surface area contributed by atoms with Crippen LogP contribution in [0.15, 0.2) is 30.9 Å². The first kappa shape index (κ1) is 19.8. The number of halogens is 1. The van der Waals surface area contributed by atoms with Crippen molar-refractivity contribution in [1.82, 2.24) is 19.7 Å². The van der Waals surface area contributed by atoms with E-state index in [1.165, 1.54) is 29.5 Å². The van der Waals surface area contributed by atoms with Gasteiger partial charge in [0.2, 0.25) is 0 Å². The van der Waals surface area contributed by atoms with E-state index >= 15 is 0 Å². The number of amides is 1. The maximum atomic E-state index is 12.8. The minimum absolute atomic E-state index is 0. The molecular formula is C16H21ClN6O3. The van der Waals surface area contributed by atoms with Crippen molar-refractivity contribution >= 4 is 24.0 Å². The zero-order chi connectivity index (χ0) is 18.2. The van der Waals surface area contributed by atoms with Gasteiger partial charge < -0.3 is 10.6 Å². The van der Waals surface area contributed by atoms with Gasteiger partial charge in [0.25, 0.3) is 11.6 Å². The van der Waals surface area contributed by atoms with E-state index < -0.39 is 4.92 Å². The van der Waals surface area contributed by atoms with E-state index in [2.05, 4.69) is 10.1 Å². The second kappa shape index (κ2) is 7.38. The topological polar surface area (TPSA) is 120 Å². The summed E-state index contributed by atoms with van der Waals surface area (Å²) in [6, 6.07) is 4.41. The molecule has 1 atom stereocenters. The molecule has 2 aromatic rings. The lowest BCUT2D eigenvalue weighted by Gasteiger charge is -2.42. The number of likely N-dealkylation sites (tertiary alicyclic amines) is 1. The van der Waals surface area contributed by atoms with E-state index in [0.29, 0.717) is 19.5 Å². The number of nitro groups is 1. The first-order valence-electron chi connectivity index (χ1n) is 7.98. The molecule has 0 radical (unpaired) electrons. The number of aromatic nitrogens is 3. The maximum absolute atomic E-state index is 12.8. The summed E-state index contributed by atoms with van der Waals surface area (Å²) in [6.07, 6.45) is 3.37. The molecule has 0 bridgehead atoms. The van der Waals surface area contributed by atoms with Crippen molar-refractivity contribution in [2.45, 2.75) is 26.3 Å². The van der Waals surface area contributed by atoms with Crippen molar-refractivity contribution in [3.63, 3.8) is 0 Å². The standard InChI is InChI=1S/C16H20N6O3.ClH/c1-16(2)8-20(6-5-14(16)17)15(23)11-3-4-12(13(7-11)22(24)25)21-10-18-9-19-21;/h3-4,7,9-10,14H,5-6,8,17H2,1-2H3;1H. The smallest absolute Gasteiger partial charge is 0.295 e. The Labute approximate surface area is 156 Å². The Morgan fingerprint density at radius 2 is 2.15 bits per heavy atom. The lowest BCUT2D eigenvalue weighted by molar-refractivity contribution is -0.384. The van der Waals surface area contributed by atoms with Crippen molar-refractivity contribution in [1.29, 1.82) is 0 Å². The monoisotopic (exact) mass is 380 g/mol. The molecule has 10 heteroatoms. The molecule has 1 amide bonds. The molecule has 1 aromatic heterocycles. The van der Waals surface area contributed by atoms with Crippen molar-refractivity contribution in [3.05, 3.63) is 46.5 Å². The Morgan fingerprint density at radius 3 is 2.73 bits per heavy atom. The van der Waals surface area contributed by atoms with Crippen molar-refractivity contribution in [2.24, 2.45) is 11.1 Å². The normalized spacial score (nSPS) is 18.9. The first-order chi connectivity index (χ1) is 11.8. The SMILES string of the molecule is CC1(C)CN(C(=O)c2ccc(-n3cncn3)c([N+](=O)[O-])c2)CCC1N.Cl. The second-order valence-electron chi connectivity index (χ2n) is 6.91. The van der Waals surface area contributed by atoms with Crippen LogP contribution in [-0.2, 0) is 0 Å². The van der Waals surface area contributed by atoms with Crippen LogP contribution in [0.25, 0.3) is 5.69 Å². The number of carbonyl (C=O) groups is 1. The van der Waals surface area contributed by atoms with Crippen LogP contribution < -0.4 is 5.73 Å². The fourth-order valence-corrected chi connectivity index (χ4v) is 3.06. The fraction of sp³-hybridized carbons (Fsp3) is 0.438. The Hall–Kier alpha value is -2.52. The van der Waals surface area contributed by atoms with Crippen molar-refractivity contribution in [3.8, 4) is 5.69 Å². The highest BCUT2D eigenvalue weighted by molar-refractivity contribution is 5.95. The minimum atomic E-state index is -0.524. The number of nitro benzene ring substituents is 1. The predicted molar refractivity (Wildman–Crippen MR) is 97.5 cm³/mol. The molecule has 2 N–H and O–H groups in total. The molecule has 2 heterocycles. The summed E-state index contributed by atoms with van der Waals surface area (Å²) >= 11 is 0. The van der Waals surface area contributed by atoms with Crippen LogP contribution in [0.2, 0.25) is 0 Å². The van der Waals surface area contributed by atoms with Crippen LogP contribution in [-0.4, -0.2) is 49.6 Å². The molecule has 1 fully saturated rings. The first-order valence-corrected chi connectivity index (χ1v) is 7.98. The summed E-state index contributed by atoms with van der Waals surface area (Å²) in [6.45, 7) is 5.11. The number of piperidine rings is 1. The quantitative estimate of drug-likeness (QED) is 0.640. The van der Waals surface area contributed by atoms with E-state index in [1.807, 2.05) is 13.8 Å². The third kappa shape index (κ3) is 3.68. The largest absolute Gasteiger partial charge is 0.338 e. The van der Waals surface area contributed by atoms with Gasteiger partial charge in [-0.1, -0.05) is 13.8 Å². The number of hydrogen-bond donors (Lipinski definition) is 1. The highest BCUT2D eigenvalue weighted by Gasteiger charge is 2.36. The Balaban J connectivity index is 0.00000243. The van der Waals surface area contributed by atoms with Crippen LogP contribution in [0, 0.1) is 15.5 Å². The lowest BCUT2D eigenvalue weighted by Crippen LogP contribution is -2.54. The van der Waals surface area contributed by atoms with E-state index in [0.717, 1.165) is 0 Å². The Kier molecular flexibility index (Phi) is 5.62. The average Bonchev–Trinajstić information content (AvgIpc) is 3.10. The van der Waals surface area contributed by atoms with Crippen LogP contribution in [0.3, 0.4) is 0 Å². The molecular weight excluding hydrogens is 360 g/mol. The Morgan fingerprint density at radius 1 is 1.42 bits per heavy atom. The van der Waals surface area contributed by atoms with Gasteiger partial charge in [0, 0.05) is 30.8 Å². The van der Waals surface area contributed by atoms with Gasteiger partial charge in [-0.05, 0) is 24.0 Å². The summed E-state index contributed by atoms with van der Waals surface area (Å²) in [4.78, 5) is 29.2. The van der Waals surface area contributed by atoms with Gasteiger partial charge in [-0.3, -0.25) is 14.9 Å². The van der Waals surface area contributed by atoms with E-state index in [-0.39, 0.29) is 46.7 Å². The van der Waals surface area contributed by atoms with Gasteiger partial charge in [0.05, 0.1) is 4.92 Å². The predicted octanol–water partition coefficient (Wildman–Crippen LogP) is 1.80. The highest BCUT2D eigenvalue weighted by atomic mass is 35.5. The van der Waals surface area contributed by atoms with Crippen LogP contribution in [0.1, 0.15) is 30.6 Å². The fourth-order valence-electron chi connectivity index (χ4n) is 3.06. The number of carbonyl (C=O) groups excluding carboxylic acids is 1. The highest BCUT2D eigenvalue weighted by Crippen LogP contribution is 2.30. The molecule has 140 valence electrons. The zero-order valence-corrected chi connectivity index (χ0v) is 15.3. The molecule has 1 unspecified atom stereocenters. The molecule has 9 nitrogen and oxygen atoms in total. The van der Waals surface area contributed by atoms with Gasteiger partial charge in [0.15, 0.2) is 0 Å². The molecule has 1 aromatic carbocycles. The van der Waals surface area contributed by atoms with Gasteiger partial charge in [-0.15, -0.1) is 12.4 Å². The maximum Gasteiger partial charge on any atom is 0.295 e. The second-order valence-corrected chi connectivity index (χ2v) is 6.91. The van der Waals surface area contributed by atoms with Gasteiger partial charge in [-0.2, -0.15) is 5.10 Å². The summed E-state index contributed by atoms with van der Waals surface area (Å²) < 4.78 is 1.30.